The van der Waals surface area contributed by atoms with Gasteiger partial charge in [-0.3, -0.25) is 4.79 Å². The second kappa shape index (κ2) is 4.37. The molecule has 0 radical (unpaired) electrons. The van der Waals surface area contributed by atoms with Crippen molar-refractivity contribution in [1.82, 2.24) is 9.80 Å². The lowest BCUT2D eigenvalue weighted by atomic mass is 9.91. The van der Waals surface area contributed by atoms with Crippen molar-refractivity contribution in [3.05, 3.63) is 12.7 Å². The first-order valence-electron chi connectivity index (χ1n) is 5.59. The van der Waals surface area contributed by atoms with E-state index in [1.807, 2.05) is 0 Å². The summed E-state index contributed by atoms with van der Waals surface area (Å²) in [7, 11) is 0. The minimum absolute atomic E-state index is 0.137. The number of piperidine rings is 1. The largest absolute Gasteiger partial charge is 0.465 e. The third kappa shape index (κ3) is 2.26. The van der Waals surface area contributed by atoms with Gasteiger partial charge in [-0.2, -0.15) is 0 Å². The van der Waals surface area contributed by atoms with Gasteiger partial charge in [0.1, 0.15) is 6.73 Å². The number of ether oxygens (including phenoxy) is 1. The molecule has 1 spiro atoms. The lowest BCUT2D eigenvalue weighted by Crippen LogP contribution is -2.48. The van der Waals surface area contributed by atoms with E-state index in [-0.39, 0.29) is 18.2 Å². The van der Waals surface area contributed by atoms with Crippen LogP contribution in [-0.4, -0.2) is 58.9 Å². The number of amides is 2. The lowest BCUT2D eigenvalue weighted by Gasteiger charge is -2.36. The minimum Gasteiger partial charge on any atom is -0.465 e. The molecule has 0 unspecified atom stereocenters. The van der Waals surface area contributed by atoms with E-state index in [2.05, 4.69) is 6.58 Å². The molecule has 0 aliphatic carbocycles. The van der Waals surface area contributed by atoms with Crippen LogP contribution in [-0.2, 0) is 9.53 Å². The Hall–Kier alpha value is -1.56. The highest BCUT2D eigenvalue weighted by atomic mass is 16.5. The molecule has 6 nitrogen and oxygen atoms in total. The number of likely N-dealkylation sites (tertiary alicyclic amines) is 1. The van der Waals surface area contributed by atoms with Crippen LogP contribution >= 0.6 is 0 Å². The van der Waals surface area contributed by atoms with Gasteiger partial charge in [-0.1, -0.05) is 6.58 Å². The minimum atomic E-state index is -0.892. The molecule has 0 atom stereocenters. The third-order valence-electron chi connectivity index (χ3n) is 3.44. The Morgan fingerprint density at radius 2 is 1.94 bits per heavy atom. The first kappa shape index (κ1) is 11.9. The summed E-state index contributed by atoms with van der Waals surface area (Å²) in [6.45, 7) is 5.18. The molecule has 94 valence electrons. The van der Waals surface area contributed by atoms with E-state index in [1.54, 1.807) is 4.90 Å². The maximum Gasteiger partial charge on any atom is 0.407 e. The van der Waals surface area contributed by atoms with Crippen LogP contribution in [0.4, 0.5) is 4.79 Å². The molecule has 17 heavy (non-hydrogen) atoms. The molecule has 6 heteroatoms. The van der Waals surface area contributed by atoms with Gasteiger partial charge >= 0.3 is 6.09 Å². The van der Waals surface area contributed by atoms with Crippen molar-refractivity contribution in [2.24, 2.45) is 0 Å². The maximum atomic E-state index is 11.4. The fraction of sp³-hybridized carbons (Fsp3) is 0.636. The number of carbonyl (C=O) groups is 2. The molecule has 2 saturated heterocycles. The van der Waals surface area contributed by atoms with Crippen LogP contribution in [0.1, 0.15) is 12.8 Å². The van der Waals surface area contributed by atoms with Gasteiger partial charge in [0.2, 0.25) is 5.91 Å². The topological polar surface area (TPSA) is 70.1 Å². The number of carbonyl (C=O) groups excluding carboxylic acids is 1. The summed E-state index contributed by atoms with van der Waals surface area (Å²) in [4.78, 5) is 25.2. The van der Waals surface area contributed by atoms with Gasteiger partial charge in [0.15, 0.2) is 0 Å². The van der Waals surface area contributed by atoms with Crippen molar-refractivity contribution < 1.29 is 19.4 Å². The van der Waals surface area contributed by atoms with E-state index >= 15 is 0 Å². The summed E-state index contributed by atoms with van der Waals surface area (Å²) in [5.41, 5.74) is -0.357. The van der Waals surface area contributed by atoms with E-state index in [4.69, 9.17) is 9.84 Å². The first-order valence-corrected chi connectivity index (χ1v) is 5.59. The SMILES string of the molecule is C=CC(=O)N1COC2(CCN(C(=O)O)CC2)C1. The first-order chi connectivity index (χ1) is 8.06. The normalized spacial score (nSPS) is 22.8. The van der Waals surface area contributed by atoms with Crippen LogP contribution in [0.3, 0.4) is 0 Å². The predicted octanol–water partition coefficient (Wildman–Crippen LogP) is 0.501. The Labute approximate surface area is 99.4 Å². The molecule has 2 aliphatic rings. The predicted molar refractivity (Wildman–Crippen MR) is 59.4 cm³/mol. The van der Waals surface area contributed by atoms with Gasteiger partial charge in [0.25, 0.3) is 0 Å². The van der Waals surface area contributed by atoms with Gasteiger partial charge in [0, 0.05) is 13.1 Å². The zero-order valence-electron chi connectivity index (χ0n) is 9.59. The summed E-state index contributed by atoms with van der Waals surface area (Å²) in [5, 5.41) is 8.86. The summed E-state index contributed by atoms with van der Waals surface area (Å²) < 4.78 is 5.68. The molecule has 0 aromatic heterocycles. The van der Waals surface area contributed by atoms with Gasteiger partial charge < -0.3 is 19.6 Å². The summed E-state index contributed by atoms with van der Waals surface area (Å²) in [6.07, 6.45) is 1.66. The van der Waals surface area contributed by atoms with Crippen molar-refractivity contribution in [3.8, 4) is 0 Å². The number of rotatable bonds is 1. The van der Waals surface area contributed by atoms with Crippen molar-refractivity contribution in [3.63, 3.8) is 0 Å². The van der Waals surface area contributed by atoms with Crippen LogP contribution in [0.2, 0.25) is 0 Å². The zero-order valence-corrected chi connectivity index (χ0v) is 9.59. The second-order valence-corrected chi connectivity index (χ2v) is 4.47. The van der Waals surface area contributed by atoms with Crippen LogP contribution in [0.15, 0.2) is 12.7 Å². The molecule has 2 amide bonds. The Kier molecular flexibility index (Phi) is 3.06. The Balaban J connectivity index is 1.94. The van der Waals surface area contributed by atoms with E-state index < -0.39 is 6.09 Å². The number of hydrogen-bond donors (Lipinski definition) is 1. The van der Waals surface area contributed by atoms with E-state index in [1.165, 1.54) is 11.0 Å². The molecule has 2 fully saturated rings. The fourth-order valence-electron chi connectivity index (χ4n) is 2.33. The molecule has 2 aliphatic heterocycles. The van der Waals surface area contributed by atoms with Crippen LogP contribution in [0.25, 0.3) is 0 Å². The quantitative estimate of drug-likeness (QED) is 0.678. The fourth-order valence-corrected chi connectivity index (χ4v) is 2.33. The van der Waals surface area contributed by atoms with Crippen LogP contribution in [0.5, 0.6) is 0 Å². The second-order valence-electron chi connectivity index (χ2n) is 4.47. The Morgan fingerprint density at radius 3 is 2.47 bits per heavy atom. The highest BCUT2D eigenvalue weighted by Crippen LogP contribution is 2.32. The Morgan fingerprint density at radius 1 is 1.29 bits per heavy atom. The molecule has 0 aromatic carbocycles. The van der Waals surface area contributed by atoms with E-state index in [0.29, 0.717) is 32.5 Å². The monoisotopic (exact) mass is 240 g/mol. The number of carboxylic acid groups (broad SMARTS) is 1. The van der Waals surface area contributed by atoms with Crippen molar-refractivity contribution in [1.29, 1.82) is 0 Å². The van der Waals surface area contributed by atoms with Gasteiger partial charge in [-0.15, -0.1) is 0 Å². The van der Waals surface area contributed by atoms with E-state index in [9.17, 15) is 9.59 Å². The van der Waals surface area contributed by atoms with Crippen LogP contribution < -0.4 is 0 Å². The number of hydrogen-bond acceptors (Lipinski definition) is 3. The number of nitrogens with zero attached hydrogens (tertiary/aromatic N) is 2. The van der Waals surface area contributed by atoms with Crippen molar-refractivity contribution in [2.75, 3.05) is 26.4 Å². The Bertz CT molecular complexity index is 347. The summed E-state index contributed by atoms with van der Waals surface area (Å²) in [5.74, 6) is -0.137. The molecule has 1 N–H and O–H groups in total. The van der Waals surface area contributed by atoms with Gasteiger partial charge in [0.05, 0.1) is 12.1 Å². The standard InChI is InChI=1S/C11H16N2O4/c1-2-9(14)13-7-11(17-8-13)3-5-12(6-4-11)10(15)16/h2H,1,3-8H2,(H,15,16). The summed E-state index contributed by atoms with van der Waals surface area (Å²) >= 11 is 0. The third-order valence-corrected chi connectivity index (χ3v) is 3.44. The average Bonchev–Trinajstić information content (AvgIpc) is 2.73. The molecular formula is C11H16N2O4. The molecule has 2 rings (SSSR count). The molecule has 0 saturated carbocycles. The molecule has 0 bridgehead atoms. The van der Waals surface area contributed by atoms with Crippen molar-refractivity contribution in [2.45, 2.75) is 18.4 Å². The highest BCUT2D eigenvalue weighted by molar-refractivity contribution is 5.87. The molecule has 2 heterocycles. The average molecular weight is 240 g/mol. The summed E-state index contributed by atoms with van der Waals surface area (Å²) in [6, 6.07) is 0. The van der Waals surface area contributed by atoms with Gasteiger partial charge in [-0.05, 0) is 18.9 Å². The van der Waals surface area contributed by atoms with Gasteiger partial charge in [-0.25, -0.2) is 4.79 Å². The maximum absolute atomic E-state index is 11.4. The molecular weight excluding hydrogens is 224 g/mol. The molecule has 0 aromatic rings. The van der Waals surface area contributed by atoms with E-state index in [0.717, 1.165) is 0 Å². The highest BCUT2D eigenvalue weighted by Gasteiger charge is 2.43. The smallest absolute Gasteiger partial charge is 0.407 e. The van der Waals surface area contributed by atoms with Crippen molar-refractivity contribution >= 4 is 12.0 Å². The van der Waals surface area contributed by atoms with Crippen LogP contribution in [0, 0.1) is 0 Å². The zero-order chi connectivity index (χ0) is 12.5. The lowest BCUT2D eigenvalue weighted by molar-refractivity contribution is -0.126.